The van der Waals surface area contributed by atoms with E-state index < -0.39 is 115 Å². The molecule has 85 heavy (non-hydrogen) atoms. The molecule has 0 saturated carbocycles. The van der Waals surface area contributed by atoms with Gasteiger partial charge in [0.2, 0.25) is 0 Å². The average molecular weight is 1150 g/mol. The molecule has 0 unspecified atom stereocenters. The van der Waals surface area contributed by atoms with Crippen LogP contribution < -0.4 is 18.9 Å². The summed E-state index contributed by atoms with van der Waals surface area (Å²) in [4.78, 5) is 129. The van der Waals surface area contributed by atoms with Crippen LogP contribution in [-0.4, -0.2) is 101 Å². The lowest BCUT2D eigenvalue weighted by atomic mass is 9.74. The first kappa shape index (κ1) is 59.0. The fourth-order valence-corrected chi connectivity index (χ4v) is 9.20. The molecule has 0 aliphatic carbocycles. The molecular weight excluding hydrogens is 1110 g/mol. The number of hydrogen-bond donors (Lipinski definition) is 8. The van der Waals surface area contributed by atoms with Gasteiger partial charge in [-0.15, -0.1) is 0 Å². The quantitative estimate of drug-likeness (QED) is 0.0231. The number of esters is 2. The van der Waals surface area contributed by atoms with E-state index in [1.807, 2.05) is 0 Å². The summed E-state index contributed by atoms with van der Waals surface area (Å²) in [5.74, 6) is -17.7. The number of carboxylic acids is 8. The standard InChI is InChI=1S/C62H42O23/c1-61(43-11-3-7-15-47(43)81-31-19-23-35(51(63)64)39(27-31)55(71)72,44-12-4-8-16-48(44)82-32-20-24-36(52(65)66)40(28-32)56(73)74)59(79)85-60(80)62(2,45-13-5-9-17-49(45)83-33-21-25-37(53(67)68)41(29-33)57(75)76)46-14-6-10-18-50(46)84-34-22-26-38(54(69)70)42(30-34)58(77)78/h3-30H,1-2H3,(H,63,64)(H,65,66)(H,67,68)(H,69,70)(H,71,72)(H,73,74)(H,75,76)(H,77,78). The van der Waals surface area contributed by atoms with E-state index in [4.69, 9.17) is 23.7 Å². The van der Waals surface area contributed by atoms with Crippen molar-refractivity contribution in [1.82, 2.24) is 0 Å². The van der Waals surface area contributed by atoms with E-state index in [-0.39, 0.29) is 68.2 Å². The van der Waals surface area contributed by atoms with Crippen LogP contribution >= 0.6 is 0 Å². The van der Waals surface area contributed by atoms with Crippen molar-refractivity contribution in [3.8, 4) is 46.0 Å². The molecule has 0 amide bonds. The van der Waals surface area contributed by atoms with E-state index in [0.717, 1.165) is 72.8 Å². The van der Waals surface area contributed by atoms with Gasteiger partial charge in [0.05, 0.1) is 44.5 Å². The minimum Gasteiger partial charge on any atom is -0.478 e. The van der Waals surface area contributed by atoms with Crippen molar-refractivity contribution in [2.75, 3.05) is 0 Å². The van der Waals surface area contributed by atoms with Gasteiger partial charge >= 0.3 is 59.7 Å². The second kappa shape index (κ2) is 23.9. The van der Waals surface area contributed by atoms with E-state index in [2.05, 4.69) is 0 Å². The molecule has 0 aromatic heterocycles. The van der Waals surface area contributed by atoms with Gasteiger partial charge in [-0.2, -0.15) is 0 Å². The number of rotatable bonds is 22. The maximum absolute atomic E-state index is 15.9. The summed E-state index contributed by atoms with van der Waals surface area (Å²) >= 11 is 0. The number of ether oxygens (including phenoxy) is 5. The first-order chi connectivity index (χ1) is 40.3. The predicted octanol–water partition coefficient (Wildman–Crippen LogP) is 10.8. The first-order valence-corrected chi connectivity index (χ1v) is 24.6. The van der Waals surface area contributed by atoms with Crippen molar-refractivity contribution in [2.45, 2.75) is 24.7 Å². The number of hydrogen-bond acceptors (Lipinski definition) is 15. The highest BCUT2D eigenvalue weighted by atomic mass is 16.6. The van der Waals surface area contributed by atoms with E-state index in [9.17, 15) is 79.2 Å². The van der Waals surface area contributed by atoms with Crippen LogP contribution in [0.25, 0.3) is 0 Å². The molecule has 8 rings (SSSR count). The van der Waals surface area contributed by atoms with E-state index in [0.29, 0.717) is 0 Å². The Morgan fingerprint density at radius 1 is 0.271 bits per heavy atom. The van der Waals surface area contributed by atoms with Crippen LogP contribution in [0.15, 0.2) is 170 Å². The highest BCUT2D eigenvalue weighted by molar-refractivity contribution is 6.05. The zero-order valence-electron chi connectivity index (χ0n) is 43.9. The lowest BCUT2D eigenvalue weighted by Gasteiger charge is -2.34. The second-order valence-corrected chi connectivity index (χ2v) is 18.6. The van der Waals surface area contributed by atoms with Gasteiger partial charge in [-0.05, 0) is 111 Å². The maximum Gasteiger partial charge on any atom is 0.336 e. The summed E-state index contributed by atoms with van der Waals surface area (Å²) in [6.07, 6.45) is 0. The Kier molecular flexibility index (Phi) is 16.6. The topological polar surface area (TPSA) is 379 Å². The van der Waals surface area contributed by atoms with Crippen molar-refractivity contribution in [3.05, 3.63) is 237 Å². The molecule has 23 heteroatoms. The van der Waals surface area contributed by atoms with Gasteiger partial charge in [0.25, 0.3) is 0 Å². The monoisotopic (exact) mass is 1150 g/mol. The minimum atomic E-state index is -2.39. The third-order valence-electron chi connectivity index (χ3n) is 13.4. The molecule has 23 nitrogen and oxygen atoms in total. The van der Waals surface area contributed by atoms with Crippen LogP contribution in [0.5, 0.6) is 46.0 Å². The van der Waals surface area contributed by atoms with Crippen molar-refractivity contribution in [1.29, 1.82) is 0 Å². The van der Waals surface area contributed by atoms with Gasteiger partial charge in [-0.3, -0.25) is 9.59 Å². The van der Waals surface area contributed by atoms with E-state index >= 15 is 9.59 Å². The molecular formula is C62H42O23. The molecule has 0 fully saturated rings. The van der Waals surface area contributed by atoms with Gasteiger partial charge in [-0.1, -0.05) is 72.8 Å². The molecule has 0 saturated heterocycles. The number of benzene rings is 8. The average Bonchev–Trinajstić information content (AvgIpc) is 1.01. The fourth-order valence-electron chi connectivity index (χ4n) is 9.20. The normalized spacial score (nSPS) is 11.1. The third kappa shape index (κ3) is 11.9. The van der Waals surface area contributed by atoms with Crippen molar-refractivity contribution < 1.29 is 112 Å². The summed E-state index contributed by atoms with van der Waals surface area (Å²) in [5.41, 5.74) is -10.5. The Labute approximate surface area is 477 Å². The van der Waals surface area contributed by atoms with Gasteiger partial charge in [0, 0.05) is 22.3 Å². The Hall–Kier alpha value is -12.1. The Balaban J connectivity index is 1.34. The Bertz CT molecular complexity index is 3620. The maximum atomic E-state index is 15.9. The number of carbonyl (C=O) groups is 10. The Morgan fingerprint density at radius 2 is 0.459 bits per heavy atom. The number of carbonyl (C=O) groups excluding carboxylic acids is 2. The number of aromatic carboxylic acids is 8. The molecule has 0 heterocycles. The summed E-state index contributed by atoms with van der Waals surface area (Å²) in [5, 5.41) is 78.9. The highest BCUT2D eigenvalue weighted by Gasteiger charge is 2.50. The van der Waals surface area contributed by atoms with Gasteiger partial charge in [0.15, 0.2) is 0 Å². The van der Waals surface area contributed by atoms with Crippen molar-refractivity contribution >= 4 is 59.7 Å². The molecule has 8 N–H and O–H groups in total. The van der Waals surface area contributed by atoms with Gasteiger partial charge in [0.1, 0.15) is 56.8 Å². The van der Waals surface area contributed by atoms with E-state index in [1.165, 1.54) is 111 Å². The lowest BCUT2D eigenvalue weighted by Crippen LogP contribution is -2.43. The molecule has 0 spiro atoms. The molecule has 0 radical (unpaired) electrons. The third-order valence-corrected chi connectivity index (χ3v) is 13.4. The predicted molar refractivity (Wildman–Crippen MR) is 292 cm³/mol. The Morgan fingerprint density at radius 3 is 0.647 bits per heavy atom. The molecule has 428 valence electrons. The summed E-state index contributed by atoms with van der Waals surface area (Å²) < 4.78 is 31.1. The van der Waals surface area contributed by atoms with Crippen LogP contribution in [0.2, 0.25) is 0 Å². The minimum absolute atomic E-state index is 0.150. The van der Waals surface area contributed by atoms with Crippen molar-refractivity contribution in [2.24, 2.45) is 0 Å². The SMILES string of the molecule is CC(C(=O)OC(=O)C(C)(c1ccccc1Oc1ccc(C(=O)O)c(C(=O)O)c1)c1ccccc1Oc1ccc(C(=O)O)c(C(=O)O)c1)(c1ccccc1Oc1ccc(C(=O)O)c(C(=O)O)c1)c1ccccc1Oc1ccc(C(=O)O)c(C(=O)O)c1. The molecule has 8 aromatic rings. The fraction of sp³-hybridized carbons (Fsp3) is 0.0645. The first-order valence-electron chi connectivity index (χ1n) is 24.6. The molecule has 0 aliphatic heterocycles. The smallest absolute Gasteiger partial charge is 0.336 e. The van der Waals surface area contributed by atoms with Gasteiger partial charge in [-0.25, -0.2) is 38.4 Å². The molecule has 8 aromatic carbocycles. The molecule has 0 atom stereocenters. The zero-order valence-corrected chi connectivity index (χ0v) is 43.9. The molecule has 0 bridgehead atoms. The highest BCUT2D eigenvalue weighted by Crippen LogP contribution is 2.49. The summed E-state index contributed by atoms with van der Waals surface area (Å²) in [7, 11) is 0. The molecule has 0 aliphatic rings. The largest absolute Gasteiger partial charge is 0.478 e. The van der Waals surface area contributed by atoms with Gasteiger partial charge < -0.3 is 64.5 Å². The van der Waals surface area contributed by atoms with Crippen molar-refractivity contribution in [3.63, 3.8) is 0 Å². The lowest BCUT2D eigenvalue weighted by molar-refractivity contribution is -0.165. The van der Waals surface area contributed by atoms with Crippen LogP contribution in [0.4, 0.5) is 0 Å². The summed E-state index contributed by atoms with van der Waals surface area (Å²) in [6, 6.07) is 34.5. The van der Waals surface area contributed by atoms with Crippen LogP contribution in [0.1, 0.15) is 119 Å². The van der Waals surface area contributed by atoms with E-state index in [1.54, 1.807) is 0 Å². The second-order valence-electron chi connectivity index (χ2n) is 18.6. The van der Waals surface area contributed by atoms with Crippen LogP contribution in [0, 0.1) is 0 Å². The number of carboxylic acid groups (broad SMARTS) is 8. The van der Waals surface area contributed by atoms with Crippen LogP contribution in [0.3, 0.4) is 0 Å². The summed E-state index contributed by atoms with van der Waals surface area (Å²) in [6.45, 7) is 2.54. The van der Waals surface area contributed by atoms with Crippen LogP contribution in [-0.2, 0) is 25.2 Å². The zero-order chi connectivity index (χ0) is 61.7. The number of para-hydroxylation sites is 4.